The van der Waals surface area contributed by atoms with Gasteiger partial charge in [0.2, 0.25) is 0 Å². The molecule has 4 heterocycles. The fraction of sp³-hybridized carbons (Fsp3) is 0.415. The molecule has 4 aromatic rings. The molecule has 16 heteroatoms. The molecule has 0 radical (unpaired) electrons. The Balaban J connectivity index is 0.000000219. The molecule has 0 spiro atoms. The first-order chi connectivity index (χ1) is 26.4. The molecular formula is C41H53BrN6O6S2Si. The molecule has 0 bridgehead atoms. The van der Waals surface area contributed by atoms with Gasteiger partial charge in [-0.25, -0.2) is 36.2 Å². The highest BCUT2D eigenvalue weighted by Crippen LogP contribution is 2.39. The number of hydrogen-bond donors (Lipinski definition) is 2. The summed E-state index contributed by atoms with van der Waals surface area (Å²) in [4.78, 5) is 39.7. The van der Waals surface area contributed by atoms with Crippen molar-refractivity contribution in [1.82, 2.24) is 19.4 Å². The summed E-state index contributed by atoms with van der Waals surface area (Å²) < 4.78 is 55.4. The molecule has 2 aliphatic heterocycles. The number of anilines is 2. The summed E-state index contributed by atoms with van der Waals surface area (Å²) in [6, 6.07) is 22.6. The molecule has 2 atom stereocenters. The molecule has 2 aliphatic rings. The zero-order valence-corrected chi connectivity index (χ0v) is 38.2. The van der Waals surface area contributed by atoms with Crippen molar-refractivity contribution in [2.75, 3.05) is 22.9 Å². The average molecular weight is 898 g/mol. The lowest BCUT2D eigenvalue weighted by atomic mass is 9.97. The maximum atomic E-state index is 13.1. The first kappa shape index (κ1) is 44.0. The van der Waals surface area contributed by atoms with Gasteiger partial charge in [-0.05, 0) is 117 Å². The van der Waals surface area contributed by atoms with Crippen molar-refractivity contribution < 1.29 is 26.4 Å². The van der Waals surface area contributed by atoms with Gasteiger partial charge in [0.25, 0.3) is 31.9 Å². The summed E-state index contributed by atoms with van der Waals surface area (Å²) in [7, 11) is -9.64. The number of benzene rings is 2. The van der Waals surface area contributed by atoms with Crippen LogP contribution < -0.4 is 24.6 Å². The maximum absolute atomic E-state index is 13.1. The first-order valence-corrected chi connectivity index (χ1v) is 26.1. The highest BCUT2D eigenvalue weighted by molar-refractivity contribution is 9.10. The molecule has 12 nitrogen and oxygen atoms in total. The van der Waals surface area contributed by atoms with Gasteiger partial charge in [0.15, 0.2) is 0 Å². The van der Waals surface area contributed by atoms with Gasteiger partial charge in [-0.3, -0.25) is 9.59 Å². The molecule has 0 unspecified atom stereocenters. The summed E-state index contributed by atoms with van der Waals surface area (Å²) in [6.45, 7) is 21.0. The lowest BCUT2D eigenvalue weighted by molar-refractivity contribution is 0.0972. The van der Waals surface area contributed by atoms with E-state index >= 15 is 0 Å². The highest BCUT2D eigenvalue weighted by atomic mass is 79.9. The van der Waals surface area contributed by atoms with Crippen molar-refractivity contribution in [2.24, 2.45) is 11.8 Å². The molecule has 2 fully saturated rings. The third-order valence-electron chi connectivity index (χ3n) is 10.2. The highest BCUT2D eigenvalue weighted by Gasteiger charge is 2.41. The van der Waals surface area contributed by atoms with E-state index in [1.54, 1.807) is 54.6 Å². The van der Waals surface area contributed by atoms with Crippen molar-refractivity contribution in [3.8, 4) is 0 Å². The van der Waals surface area contributed by atoms with Gasteiger partial charge in [-0.15, -0.1) is 0 Å². The minimum Gasteiger partial charge on any atom is -0.351 e. The van der Waals surface area contributed by atoms with Gasteiger partial charge in [0.05, 0.1) is 20.9 Å². The van der Waals surface area contributed by atoms with E-state index in [9.17, 15) is 26.4 Å². The van der Waals surface area contributed by atoms with E-state index in [2.05, 4.69) is 101 Å². The minimum absolute atomic E-state index is 0.0418. The fourth-order valence-corrected chi connectivity index (χ4v) is 10.9. The Bertz CT molecular complexity index is 2340. The number of carbonyl (C=O) groups is 2. The molecular weight excluding hydrogens is 845 g/mol. The smallest absolute Gasteiger partial charge is 0.268 e. The average Bonchev–Trinajstić information content (AvgIpc) is 3.57. The van der Waals surface area contributed by atoms with Crippen LogP contribution in [0.25, 0.3) is 0 Å². The van der Waals surface area contributed by atoms with Crippen LogP contribution in [0.4, 0.5) is 11.6 Å². The van der Waals surface area contributed by atoms with Gasteiger partial charge < -0.3 is 9.80 Å². The Hall–Kier alpha value is -4.12. The maximum Gasteiger partial charge on any atom is 0.268 e. The van der Waals surface area contributed by atoms with Crippen molar-refractivity contribution >= 4 is 72.8 Å². The third-order valence-corrected chi connectivity index (χ3v) is 15.1. The van der Waals surface area contributed by atoms with E-state index in [0.29, 0.717) is 33.6 Å². The van der Waals surface area contributed by atoms with Crippen molar-refractivity contribution in [3.63, 3.8) is 0 Å². The summed E-state index contributed by atoms with van der Waals surface area (Å²) in [5, 5.41) is 0.996. The molecule has 0 aliphatic carbocycles. The number of carbonyl (C=O) groups excluding carboxylic acids is 2. The Morgan fingerprint density at radius 1 is 0.649 bits per heavy atom. The number of nitrogens with zero attached hydrogens (tertiary/aromatic N) is 4. The summed E-state index contributed by atoms with van der Waals surface area (Å²) >= 11 is 3.36. The Morgan fingerprint density at radius 3 is 1.40 bits per heavy atom. The van der Waals surface area contributed by atoms with E-state index in [1.165, 1.54) is 24.3 Å². The van der Waals surface area contributed by atoms with Gasteiger partial charge in [-0.2, -0.15) is 0 Å². The van der Waals surface area contributed by atoms with E-state index < -0.39 is 39.9 Å². The predicted molar refractivity (Wildman–Crippen MR) is 232 cm³/mol. The first-order valence-electron chi connectivity index (χ1n) is 18.9. The molecule has 2 saturated heterocycles. The van der Waals surface area contributed by atoms with Crippen LogP contribution in [0, 0.1) is 11.8 Å². The zero-order chi connectivity index (χ0) is 42.1. The Morgan fingerprint density at radius 2 is 1.04 bits per heavy atom. The quantitative estimate of drug-likeness (QED) is 0.133. The third kappa shape index (κ3) is 10.3. The number of nitrogens with one attached hydrogen (secondary N) is 2. The second-order valence-electron chi connectivity index (χ2n) is 17.3. The number of halogens is 1. The molecule has 0 saturated carbocycles. The van der Waals surface area contributed by atoms with Crippen LogP contribution in [0.2, 0.25) is 19.6 Å². The fourth-order valence-electron chi connectivity index (χ4n) is 7.65. The summed E-state index contributed by atoms with van der Waals surface area (Å²) in [5.74, 6) is 0.624. The van der Waals surface area contributed by atoms with Crippen LogP contribution in [0.15, 0.2) is 99.3 Å². The molecule has 2 aromatic heterocycles. The lowest BCUT2D eigenvalue weighted by Gasteiger charge is -2.34. The van der Waals surface area contributed by atoms with Crippen LogP contribution in [0.5, 0.6) is 0 Å². The van der Waals surface area contributed by atoms with Crippen LogP contribution in [0.1, 0.15) is 75.1 Å². The molecule has 6 rings (SSSR count). The standard InChI is InChI=1S/C22H31N3O3SSi.C19H22BrN3O3S/c1-16-14-22(2,3)25(15-16)20-18(12-13-19(23-20)30(4,5)6)21(26)24-29(27,28)17-10-8-7-9-11-17;1-13-11-19(2,3)23(12-13)17-15(9-10-16(20)21-17)18(24)22-27(25,26)14-7-5-4-6-8-14/h7-13,16H,14-15H2,1-6H3,(H,24,26);4-10,13H,11-12H2,1-3H3,(H,22,24)/t16-;13-/m00/s1. The minimum atomic E-state index is -3.96. The molecule has 2 amide bonds. The largest absolute Gasteiger partial charge is 0.351 e. The summed E-state index contributed by atoms with van der Waals surface area (Å²) in [6.07, 6.45) is 1.94. The Kier molecular flexibility index (Phi) is 12.8. The number of aromatic nitrogens is 2. The second-order valence-corrected chi connectivity index (χ2v) is 26.5. The molecule has 306 valence electrons. The number of rotatable bonds is 9. The van der Waals surface area contributed by atoms with Crippen molar-refractivity contribution in [1.29, 1.82) is 0 Å². The van der Waals surface area contributed by atoms with Crippen molar-refractivity contribution in [3.05, 3.63) is 101 Å². The van der Waals surface area contributed by atoms with Crippen molar-refractivity contribution in [2.45, 2.75) is 94.9 Å². The summed E-state index contributed by atoms with van der Waals surface area (Å²) in [5.41, 5.74) is 0.178. The zero-order valence-electron chi connectivity index (χ0n) is 34.0. The van der Waals surface area contributed by atoms with E-state index in [4.69, 9.17) is 4.98 Å². The monoisotopic (exact) mass is 896 g/mol. The predicted octanol–water partition coefficient (Wildman–Crippen LogP) is 6.96. The second kappa shape index (κ2) is 16.6. The number of sulfonamides is 2. The number of pyridine rings is 2. The van der Waals surface area contributed by atoms with Gasteiger partial charge >= 0.3 is 0 Å². The van der Waals surface area contributed by atoms with Crippen LogP contribution in [-0.2, 0) is 20.0 Å². The molecule has 2 aromatic carbocycles. The van der Waals surface area contributed by atoms with Crippen LogP contribution in [-0.4, -0.2) is 70.9 Å². The van der Waals surface area contributed by atoms with Crippen LogP contribution in [0.3, 0.4) is 0 Å². The van der Waals surface area contributed by atoms with Gasteiger partial charge in [0, 0.05) is 29.5 Å². The Labute approximate surface area is 347 Å². The molecule has 57 heavy (non-hydrogen) atoms. The van der Waals surface area contributed by atoms with Crippen LogP contribution >= 0.6 is 15.9 Å². The number of amides is 2. The van der Waals surface area contributed by atoms with E-state index in [0.717, 1.165) is 31.2 Å². The van der Waals surface area contributed by atoms with Gasteiger partial charge in [-0.1, -0.05) is 69.9 Å². The topological polar surface area (TPSA) is 159 Å². The molecule has 2 N–H and O–H groups in total. The van der Waals surface area contributed by atoms with Gasteiger partial charge in [0.1, 0.15) is 24.3 Å². The van der Waals surface area contributed by atoms with E-state index in [-0.39, 0.29) is 26.4 Å². The SMILES string of the molecule is C[C@@H]1CN(c2nc(Br)ccc2C(=O)NS(=O)(=O)c2ccccc2)C(C)(C)C1.C[C@@H]1CN(c2nc([Si](C)(C)C)ccc2C(=O)NS(=O)(=O)c2ccccc2)C(C)(C)C1. The van der Waals surface area contributed by atoms with E-state index in [1.807, 2.05) is 6.07 Å². The normalized spacial score (nSPS) is 19.1. The lowest BCUT2D eigenvalue weighted by Crippen LogP contribution is -2.45. The number of hydrogen-bond acceptors (Lipinski definition) is 10.